The van der Waals surface area contributed by atoms with Crippen LogP contribution in [0.25, 0.3) is 0 Å². The maximum atomic E-state index is 10.1. The first-order chi connectivity index (χ1) is 6.70. The molecule has 0 aliphatic rings. The zero-order valence-corrected chi connectivity index (χ0v) is 8.01. The number of aliphatic carboxylic acids is 1. The predicted molar refractivity (Wildman–Crippen MR) is 55.4 cm³/mol. The lowest BCUT2D eigenvalue weighted by Gasteiger charge is -2.03. The number of benzene rings is 1. The molecule has 0 aromatic heterocycles. The van der Waals surface area contributed by atoms with Gasteiger partial charge in [-0.15, -0.1) is 0 Å². The molecule has 14 heavy (non-hydrogen) atoms. The minimum absolute atomic E-state index is 0.260. The standard InChI is InChI=1S/C10H8ClNO2/c11-8-4-1-2-5-9(8)12-7-3-6-10(13)14/h1-2,4-5,12H,7H2,(H,13,14). The Bertz CT molecular complexity index is 393. The quantitative estimate of drug-likeness (QED) is 0.731. The van der Waals surface area contributed by atoms with E-state index in [9.17, 15) is 4.79 Å². The van der Waals surface area contributed by atoms with Gasteiger partial charge in [-0.2, -0.15) is 0 Å². The van der Waals surface area contributed by atoms with Crippen molar-refractivity contribution < 1.29 is 9.90 Å². The van der Waals surface area contributed by atoms with Crippen LogP contribution in [0.1, 0.15) is 0 Å². The number of carbonyl (C=O) groups is 1. The van der Waals surface area contributed by atoms with Gasteiger partial charge in [0.2, 0.25) is 0 Å². The first-order valence-corrected chi connectivity index (χ1v) is 4.28. The lowest BCUT2D eigenvalue weighted by Crippen LogP contribution is -2.00. The number of hydrogen-bond donors (Lipinski definition) is 2. The van der Waals surface area contributed by atoms with Gasteiger partial charge in [-0.1, -0.05) is 29.7 Å². The van der Waals surface area contributed by atoms with Gasteiger partial charge in [0.25, 0.3) is 0 Å². The summed E-state index contributed by atoms with van der Waals surface area (Å²) in [5.74, 6) is 3.30. The first-order valence-electron chi connectivity index (χ1n) is 3.90. The Morgan fingerprint density at radius 3 is 2.86 bits per heavy atom. The summed E-state index contributed by atoms with van der Waals surface area (Å²) in [6.07, 6.45) is 0. The highest BCUT2D eigenvalue weighted by molar-refractivity contribution is 6.33. The molecule has 3 nitrogen and oxygen atoms in total. The zero-order valence-electron chi connectivity index (χ0n) is 7.25. The highest BCUT2D eigenvalue weighted by Crippen LogP contribution is 2.19. The molecule has 4 heteroatoms. The van der Waals surface area contributed by atoms with Crippen LogP contribution in [0.4, 0.5) is 5.69 Å². The lowest BCUT2D eigenvalue weighted by molar-refractivity contribution is -0.130. The Morgan fingerprint density at radius 1 is 1.50 bits per heavy atom. The lowest BCUT2D eigenvalue weighted by atomic mass is 10.3. The monoisotopic (exact) mass is 209 g/mol. The van der Waals surface area contributed by atoms with Crippen molar-refractivity contribution >= 4 is 23.3 Å². The van der Waals surface area contributed by atoms with Gasteiger partial charge >= 0.3 is 5.97 Å². The molecule has 0 aliphatic carbocycles. The summed E-state index contributed by atoms with van der Waals surface area (Å²) in [6, 6.07) is 7.19. The van der Waals surface area contributed by atoms with E-state index in [1.807, 2.05) is 18.1 Å². The molecular formula is C10H8ClNO2. The molecule has 2 N–H and O–H groups in total. The molecule has 0 saturated carbocycles. The van der Waals surface area contributed by atoms with E-state index in [1.165, 1.54) is 0 Å². The summed E-state index contributed by atoms with van der Waals surface area (Å²) in [4.78, 5) is 10.1. The van der Waals surface area contributed by atoms with Crippen LogP contribution in [0.5, 0.6) is 0 Å². The third-order valence-electron chi connectivity index (χ3n) is 1.44. The molecule has 0 fully saturated rings. The molecule has 0 saturated heterocycles. The van der Waals surface area contributed by atoms with Gasteiger partial charge in [0.05, 0.1) is 17.3 Å². The van der Waals surface area contributed by atoms with Crippen LogP contribution in [-0.2, 0) is 4.79 Å². The summed E-state index contributed by atoms with van der Waals surface area (Å²) in [6.45, 7) is 0.260. The molecule has 0 heterocycles. The number of carboxylic acids is 1. The largest absolute Gasteiger partial charge is 0.472 e. The normalized spacial score (nSPS) is 8.64. The van der Waals surface area contributed by atoms with Crippen molar-refractivity contribution in [2.24, 2.45) is 0 Å². The van der Waals surface area contributed by atoms with E-state index in [0.29, 0.717) is 5.02 Å². The van der Waals surface area contributed by atoms with Crippen molar-refractivity contribution in [1.29, 1.82) is 0 Å². The number of anilines is 1. The summed E-state index contributed by atoms with van der Waals surface area (Å²) in [7, 11) is 0. The van der Waals surface area contributed by atoms with E-state index in [0.717, 1.165) is 5.69 Å². The molecule has 1 aromatic rings. The second-order valence-electron chi connectivity index (χ2n) is 2.44. The number of rotatable bonds is 2. The van der Waals surface area contributed by atoms with Gasteiger partial charge in [-0.25, -0.2) is 4.79 Å². The van der Waals surface area contributed by atoms with Crippen molar-refractivity contribution in [1.82, 2.24) is 0 Å². The van der Waals surface area contributed by atoms with Crippen LogP contribution in [-0.4, -0.2) is 17.6 Å². The van der Waals surface area contributed by atoms with Gasteiger partial charge in [0.15, 0.2) is 0 Å². The molecule has 0 aliphatic heterocycles. The SMILES string of the molecule is O=C(O)C#CCNc1ccccc1Cl. The van der Waals surface area contributed by atoms with Crippen molar-refractivity contribution in [2.45, 2.75) is 0 Å². The van der Waals surface area contributed by atoms with Gasteiger partial charge < -0.3 is 10.4 Å². The predicted octanol–water partition coefficient (Wildman–Crippen LogP) is 1.84. The van der Waals surface area contributed by atoms with Crippen molar-refractivity contribution in [2.75, 3.05) is 11.9 Å². The van der Waals surface area contributed by atoms with E-state index in [4.69, 9.17) is 16.7 Å². The van der Waals surface area contributed by atoms with Crippen molar-refractivity contribution in [3.05, 3.63) is 29.3 Å². The average molecular weight is 210 g/mol. The number of halogens is 1. The summed E-state index contributed by atoms with van der Waals surface area (Å²) in [5.41, 5.74) is 0.744. The first kappa shape index (κ1) is 10.4. The number of hydrogen-bond acceptors (Lipinski definition) is 2. The van der Waals surface area contributed by atoms with Crippen LogP contribution < -0.4 is 5.32 Å². The number of nitrogens with one attached hydrogen (secondary N) is 1. The molecule has 0 bridgehead atoms. The van der Waals surface area contributed by atoms with Gasteiger partial charge in [0, 0.05) is 5.92 Å². The van der Waals surface area contributed by atoms with E-state index < -0.39 is 5.97 Å². The topological polar surface area (TPSA) is 49.3 Å². The molecule has 0 spiro atoms. The maximum absolute atomic E-state index is 10.1. The Balaban J connectivity index is 2.52. The van der Waals surface area contributed by atoms with E-state index in [2.05, 4.69) is 11.2 Å². The van der Waals surface area contributed by atoms with Crippen LogP contribution in [0.2, 0.25) is 5.02 Å². The molecule has 1 rings (SSSR count). The molecule has 72 valence electrons. The van der Waals surface area contributed by atoms with Crippen LogP contribution in [0, 0.1) is 11.8 Å². The van der Waals surface area contributed by atoms with Gasteiger partial charge in [-0.05, 0) is 12.1 Å². The van der Waals surface area contributed by atoms with E-state index >= 15 is 0 Å². The minimum Gasteiger partial charge on any atom is -0.472 e. The summed E-state index contributed by atoms with van der Waals surface area (Å²) in [5, 5.41) is 11.7. The Kier molecular flexibility index (Phi) is 3.84. The number of carboxylic acid groups (broad SMARTS) is 1. The Hall–Kier alpha value is -1.66. The molecule has 1 aromatic carbocycles. The third kappa shape index (κ3) is 3.38. The fraction of sp³-hybridized carbons (Fsp3) is 0.100. The highest BCUT2D eigenvalue weighted by atomic mass is 35.5. The highest BCUT2D eigenvalue weighted by Gasteiger charge is 1.94. The van der Waals surface area contributed by atoms with Crippen molar-refractivity contribution in [3.8, 4) is 11.8 Å². The van der Waals surface area contributed by atoms with Crippen LogP contribution in [0.3, 0.4) is 0 Å². The van der Waals surface area contributed by atoms with Crippen molar-refractivity contribution in [3.63, 3.8) is 0 Å². The fourth-order valence-corrected chi connectivity index (χ4v) is 1.07. The van der Waals surface area contributed by atoms with E-state index in [1.54, 1.807) is 12.1 Å². The molecule has 0 radical (unpaired) electrons. The fourth-order valence-electron chi connectivity index (χ4n) is 0.864. The molecule has 0 unspecified atom stereocenters. The van der Waals surface area contributed by atoms with Gasteiger partial charge in [0.1, 0.15) is 0 Å². The second-order valence-corrected chi connectivity index (χ2v) is 2.85. The Morgan fingerprint density at radius 2 is 2.21 bits per heavy atom. The minimum atomic E-state index is -1.13. The van der Waals surface area contributed by atoms with Gasteiger partial charge in [-0.3, -0.25) is 0 Å². The van der Waals surface area contributed by atoms with Crippen LogP contribution in [0.15, 0.2) is 24.3 Å². The smallest absolute Gasteiger partial charge is 0.381 e. The third-order valence-corrected chi connectivity index (χ3v) is 1.77. The average Bonchev–Trinajstić information content (AvgIpc) is 2.15. The number of para-hydroxylation sites is 1. The summed E-state index contributed by atoms with van der Waals surface area (Å²) >= 11 is 5.84. The Labute approximate surface area is 86.7 Å². The molecular weight excluding hydrogens is 202 g/mol. The maximum Gasteiger partial charge on any atom is 0.381 e. The summed E-state index contributed by atoms with van der Waals surface area (Å²) < 4.78 is 0. The van der Waals surface area contributed by atoms with Crippen LogP contribution >= 0.6 is 11.6 Å². The molecule has 0 amide bonds. The van der Waals surface area contributed by atoms with E-state index in [-0.39, 0.29) is 6.54 Å². The molecule has 0 atom stereocenters. The second kappa shape index (κ2) is 5.15. The zero-order chi connectivity index (χ0) is 10.4.